The van der Waals surface area contributed by atoms with Crippen molar-refractivity contribution in [3.05, 3.63) is 45.2 Å². The average Bonchev–Trinajstić information content (AvgIpc) is 2.73. The summed E-state index contributed by atoms with van der Waals surface area (Å²) in [5.74, 6) is -1.11. The SMILES string of the molecule is Cc1cc(O)c2c(c1Cl)C(=O)c1cn(C)nc1C2=O. The molecule has 0 atom stereocenters. The molecule has 0 fully saturated rings. The fourth-order valence-corrected chi connectivity index (χ4v) is 2.53. The molecule has 1 aliphatic rings. The second-order valence-electron chi connectivity index (χ2n) is 4.50. The zero-order valence-electron chi connectivity index (χ0n) is 10.2. The van der Waals surface area contributed by atoms with Crippen molar-refractivity contribution in [2.45, 2.75) is 6.92 Å². The smallest absolute Gasteiger partial charge is 0.218 e. The highest BCUT2D eigenvalue weighted by atomic mass is 35.5. The van der Waals surface area contributed by atoms with Gasteiger partial charge in [0, 0.05) is 13.2 Å². The van der Waals surface area contributed by atoms with E-state index >= 15 is 0 Å². The number of carbonyl (C=O) groups excluding carboxylic acids is 2. The third kappa shape index (κ3) is 1.45. The summed E-state index contributed by atoms with van der Waals surface area (Å²) in [6, 6.07) is 1.38. The lowest BCUT2D eigenvalue weighted by atomic mass is 9.86. The molecule has 6 heteroatoms. The number of benzene rings is 1. The van der Waals surface area contributed by atoms with Gasteiger partial charge in [-0.05, 0) is 18.6 Å². The Morgan fingerprint density at radius 2 is 1.95 bits per heavy atom. The zero-order chi connectivity index (χ0) is 13.9. The molecule has 1 N–H and O–H groups in total. The maximum atomic E-state index is 12.4. The Morgan fingerprint density at radius 1 is 1.26 bits per heavy atom. The number of aromatic hydroxyl groups is 1. The number of hydrogen-bond donors (Lipinski definition) is 1. The van der Waals surface area contributed by atoms with Crippen molar-refractivity contribution in [3.8, 4) is 5.75 Å². The van der Waals surface area contributed by atoms with Crippen molar-refractivity contribution in [1.29, 1.82) is 0 Å². The summed E-state index contributed by atoms with van der Waals surface area (Å²) in [5.41, 5.74) is 0.810. The first kappa shape index (κ1) is 11.9. The van der Waals surface area contributed by atoms with E-state index in [9.17, 15) is 14.7 Å². The highest BCUT2D eigenvalue weighted by molar-refractivity contribution is 6.39. The Hall–Kier alpha value is -2.14. The Kier molecular flexibility index (Phi) is 2.31. The summed E-state index contributed by atoms with van der Waals surface area (Å²) in [6.07, 6.45) is 1.48. The molecule has 2 aromatic rings. The normalized spacial score (nSPS) is 13.4. The first-order chi connectivity index (χ1) is 8.91. The number of ketones is 2. The second-order valence-corrected chi connectivity index (χ2v) is 4.88. The monoisotopic (exact) mass is 276 g/mol. The molecule has 0 amide bonds. The second kappa shape index (κ2) is 3.68. The van der Waals surface area contributed by atoms with Crippen molar-refractivity contribution in [3.63, 3.8) is 0 Å². The minimum absolute atomic E-state index is 0.0511. The van der Waals surface area contributed by atoms with E-state index in [0.29, 0.717) is 5.56 Å². The van der Waals surface area contributed by atoms with Gasteiger partial charge in [0.25, 0.3) is 0 Å². The Morgan fingerprint density at radius 3 is 2.63 bits per heavy atom. The van der Waals surface area contributed by atoms with Crippen molar-refractivity contribution >= 4 is 23.2 Å². The van der Waals surface area contributed by atoms with Crippen molar-refractivity contribution < 1.29 is 14.7 Å². The number of hydrogen-bond acceptors (Lipinski definition) is 4. The van der Waals surface area contributed by atoms with Crippen LogP contribution in [0.3, 0.4) is 0 Å². The number of nitrogens with zero attached hydrogens (tertiary/aromatic N) is 2. The molecule has 1 heterocycles. The number of phenols is 1. The number of aryl methyl sites for hydroxylation is 2. The largest absolute Gasteiger partial charge is 0.507 e. The maximum Gasteiger partial charge on any atom is 0.218 e. The Balaban J connectivity index is 2.42. The topological polar surface area (TPSA) is 72.2 Å². The molecule has 1 aliphatic carbocycles. The molecular weight excluding hydrogens is 268 g/mol. The van der Waals surface area contributed by atoms with E-state index in [-0.39, 0.29) is 38.9 Å². The first-order valence-electron chi connectivity index (χ1n) is 5.57. The lowest BCUT2D eigenvalue weighted by Gasteiger charge is -2.17. The van der Waals surface area contributed by atoms with Gasteiger partial charge in [0.05, 0.1) is 21.7 Å². The highest BCUT2D eigenvalue weighted by Gasteiger charge is 2.36. The van der Waals surface area contributed by atoms with Crippen molar-refractivity contribution in [2.75, 3.05) is 0 Å². The molecule has 3 rings (SSSR count). The lowest BCUT2D eigenvalue weighted by molar-refractivity contribution is 0.0974. The lowest BCUT2D eigenvalue weighted by Crippen LogP contribution is -2.21. The maximum absolute atomic E-state index is 12.4. The zero-order valence-corrected chi connectivity index (χ0v) is 10.9. The summed E-state index contributed by atoms with van der Waals surface area (Å²) in [5, 5.41) is 14.1. The summed E-state index contributed by atoms with van der Waals surface area (Å²) in [4.78, 5) is 24.7. The van der Waals surface area contributed by atoms with Gasteiger partial charge in [0.1, 0.15) is 11.4 Å². The Bertz CT molecular complexity index is 762. The molecular formula is C13H9ClN2O3. The van der Waals surface area contributed by atoms with Crippen LogP contribution in [0.15, 0.2) is 12.3 Å². The van der Waals surface area contributed by atoms with Crippen LogP contribution < -0.4 is 0 Å². The number of fused-ring (bicyclic) bond motifs is 2. The van der Waals surface area contributed by atoms with Crippen LogP contribution in [-0.4, -0.2) is 26.5 Å². The van der Waals surface area contributed by atoms with Crippen LogP contribution in [0, 0.1) is 6.92 Å². The summed E-state index contributed by atoms with van der Waals surface area (Å²) in [6.45, 7) is 1.67. The molecule has 96 valence electrons. The van der Waals surface area contributed by atoms with E-state index < -0.39 is 5.78 Å². The molecule has 19 heavy (non-hydrogen) atoms. The van der Waals surface area contributed by atoms with E-state index in [1.54, 1.807) is 14.0 Å². The molecule has 1 aromatic heterocycles. The van der Waals surface area contributed by atoms with Crippen LogP contribution in [0.4, 0.5) is 0 Å². The van der Waals surface area contributed by atoms with Gasteiger partial charge < -0.3 is 5.11 Å². The highest BCUT2D eigenvalue weighted by Crippen LogP contribution is 2.38. The van der Waals surface area contributed by atoms with Gasteiger partial charge in [-0.15, -0.1) is 0 Å². The van der Waals surface area contributed by atoms with E-state index in [4.69, 9.17) is 11.6 Å². The first-order valence-corrected chi connectivity index (χ1v) is 5.94. The van der Waals surface area contributed by atoms with E-state index in [1.807, 2.05) is 0 Å². The van der Waals surface area contributed by atoms with Crippen LogP contribution in [0.1, 0.15) is 37.5 Å². The van der Waals surface area contributed by atoms with Crippen LogP contribution >= 0.6 is 11.6 Å². The van der Waals surface area contributed by atoms with E-state index in [0.717, 1.165) is 0 Å². The molecule has 0 spiro atoms. The third-order valence-electron chi connectivity index (χ3n) is 3.17. The fraction of sp³-hybridized carbons (Fsp3) is 0.154. The van der Waals surface area contributed by atoms with Gasteiger partial charge in [-0.3, -0.25) is 14.3 Å². The van der Waals surface area contributed by atoms with Gasteiger partial charge in [0.15, 0.2) is 5.78 Å². The molecule has 0 bridgehead atoms. The molecule has 0 unspecified atom stereocenters. The van der Waals surface area contributed by atoms with Gasteiger partial charge in [-0.2, -0.15) is 5.10 Å². The van der Waals surface area contributed by atoms with Crippen LogP contribution in [-0.2, 0) is 7.05 Å². The fourth-order valence-electron chi connectivity index (χ4n) is 2.29. The average molecular weight is 277 g/mol. The minimum atomic E-state index is -0.482. The molecule has 5 nitrogen and oxygen atoms in total. The third-order valence-corrected chi connectivity index (χ3v) is 3.65. The summed E-state index contributed by atoms with van der Waals surface area (Å²) < 4.78 is 1.39. The van der Waals surface area contributed by atoms with Crippen LogP contribution in [0.5, 0.6) is 5.75 Å². The van der Waals surface area contributed by atoms with Crippen LogP contribution in [0.25, 0.3) is 0 Å². The predicted molar refractivity (Wildman–Crippen MR) is 67.9 cm³/mol. The number of carbonyl (C=O) groups is 2. The van der Waals surface area contributed by atoms with Crippen molar-refractivity contribution in [2.24, 2.45) is 7.05 Å². The van der Waals surface area contributed by atoms with Crippen molar-refractivity contribution in [1.82, 2.24) is 9.78 Å². The molecule has 0 saturated carbocycles. The summed E-state index contributed by atoms with van der Waals surface area (Å²) in [7, 11) is 1.62. The molecule has 0 aliphatic heterocycles. The standard InChI is InChI=1S/C13H9ClN2O3/c1-5-3-7(17)8-9(10(5)14)12(18)6-4-16(2)15-11(6)13(8)19/h3-4,17H,1-2H3. The van der Waals surface area contributed by atoms with Crippen LogP contribution in [0.2, 0.25) is 5.02 Å². The molecule has 1 aromatic carbocycles. The van der Waals surface area contributed by atoms with E-state index in [1.165, 1.54) is 16.9 Å². The summed E-state index contributed by atoms with van der Waals surface area (Å²) >= 11 is 6.11. The number of aromatic nitrogens is 2. The number of rotatable bonds is 0. The van der Waals surface area contributed by atoms with E-state index in [2.05, 4.69) is 5.10 Å². The Labute approximate surface area is 113 Å². The van der Waals surface area contributed by atoms with Gasteiger partial charge in [-0.1, -0.05) is 11.6 Å². The number of phenolic OH excluding ortho intramolecular Hbond substituents is 1. The van der Waals surface area contributed by atoms with Gasteiger partial charge >= 0.3 is 0 Å². The molecule has 0 radical (unpaired) electrons. The predicted octanol–water partition coefficient (Wildman–Crippen LogP) is 1.86. The van der Waals surface area contributed by atoms with Gasteiger partial charge in [0.2, 0.25) is 5.78 Å². The minimum Gasteiger partial charge on any atom is -0.507 e. The quantitative estimate of drug-likeness (QED) is 0.680. The number of halogens is 1. The van der Waals surface area contributed by atoms with Gasteiger partial charge in [-0.25, -0.2) is 0 Å². The molecule has 0 saturated heterocycles.